The normalized spacial score (nSPS) is 20.2. The molecule has 0 saturated carbocycles. The Labute approximate surface area is 142 Å². The van der Waals surface area contributed by atoms with Crippen LogP contribution in [-0.2, 0) is 5.60 Å². The Bertz CT molecular complexity index is 907. The first-order valence-electron chi connectivity index (χ1n) is 7.88. The number of nitrogens with zero attached hydrogens (tertiary/aromatic N) is 3. The minimum atomic E-state index is -1.23. The molecule has 0 aliphatic carbocycles. The largest absolute Gasteiger partial charge is 0.381 e. The van der Waals surface area contributed by atoms with Gasteiger partial charge in [0, 0.05) is 36.5 Å². The fourth-order valence-electron chi connectivity index (χ4n) is 3.22. The molecular weight excluding hydrogens is 325 g/mol. The van der Waals surface area contributed by atoms with Crippen LogP contribution in [0, 0.1) is 5.82 Å². The molecule has 1 aromatic carbocycles. The summed E-state index contributed by atoms with van der Waals surface area (Å²) in [6, 6.07) is 6.31. The number of aromatic nitrogens is 4. The molecule has 3 heterocycles. The minimum Gasteiger partial charge on any atom is -0.381 e. The standard InChI is InChI=1S/C17H16FN5O2/c18-14-4-2-1-3-11(14)12-7-19-8-13(12)16(24)23-6-5-17(25,10-23)15-9-20-22-21-15/h1-4,7-9,19,25H,5-6,10H2,(H,20,21,22). The lowest BCUT2D eigenvalue weighted by atomic mass is 10.00. The third-order valence-corrected chi connectivity index (χ3v) is 4.57. The van der Waals surface area contributed by atoms with Gasteiger partial charge in [-0.05, 0) is 6.07 Å². The molecule has 25 heavy (non-hydrogen) atoms. The predicted octanol–water partition coefficient (Wildman–Crippen LogP) is 1.67. The number of aromatic amines is 2. The highest BCUT2D eigenvalue weighted by atomic mass is 19.1. The van der Waals surface area contributed by atoms with Crippen LogP contribution in [0.4, 0.5) is 4.39 Å². The van der Waals surface area contributed by atoms with Crippen molar-refractivity contribution in [3.8, 4) is 11.1 Å². The Morgan fingerprint density at radius 3 is 2.88 bits per heavy atom. The molecule has 1 atom stereocenters. The molecule has 7 nitrogen and oxygen atoms in total. The lowest BCUT2D eigenvalue weighted by Gasteiger charge is -2.21. The van der Waals surface area contributed by atoms with Gasteiger partial charge in [-0.2, -0.15) is 15.4 Å². The molecule has 1 aliphatic rings. The van der Waals surface area contributed by atoms with Crippen LogP contribution in [0.3, 0.4) is 0 Å². The van der Waals surface area contributed by atoms with E-state index in [0.717, 1.165) is 0 Å². The summed E-state index contributed by atoms with van der Waals surface area (Å²) in [7, 11) is 0. The number of benzene rings is 1. The fourth-order valence-corrected chi connectivity index (χ4v) is 3.22. The van der Waals surface area contributed by atoms with Crippen molar-refractivity contribution in [3.63, 3.8) is 0 Å². The van der Waals surface area contributed by atoms with E-state index in [4.69, 9.17) is 0 Å². The van der Waals surface area contributed by atoms with E-state index in [9.17, 15) is 14.3 Å². The number of hydrogen-bond donors (Lipinski definition) is 3. The zero-order chi connectivity index (χ0) is 17.4. The van der Waals surface area contributed by atoms with Gasteiger partial charge in [-0.15, -0.1) is 0 Å². The first-order chi connectivity index (χ1) is 12.1. The molecule has 1 aliphatic heterocycles. The molecule has 3 aromatic rings. The number of H-pyrrole nitrogens is 2. The molecule has 128 valence electrons. The van der Waals surface area contributed by atoms with Gasteiger partial charge in [0.25, 0.3) is 5.91 Å². The number of carbonyl (C=O) groups is 1. The highest BCUT2D eigenvalue weighted by molar-refractivity contribution is 6.01. The Kier molecular flexibility index (Phi) is 3.61. The van der Waals surface area contributed by atoms with Crippen LogP contribution < -0.4 is 0 Å². The van der Waals surface area contributed by atoms with E-state index in [0.29, 0.717) is 35.3 Å². The summed E-state index contributed by atoms with van der Waals surface area (Å²) in [6.07, 6.45) is 4.98. The van der Waals surface area contributed by atoms with E-state index in [1.165, 1.54) is 12.3 Å². The molecule has 1 fully saturated rings. The number of hydrogen-bond acceptors (Lipinski definition) is 4. The second-order valence-electron chi connectivity index (χ2n) is 6.13. The number of carbonyl (C=O) groups excluding carboxylic acids is 1. The van der Waals surface area contributed by atoms with Gasteiger partial charge < -0.3 is 15.0 Å². The monoisotopic (exact) mass is 341 g/mol. The SMILES string of the molecule is O=C(c1c[nH]cc1-c1ccccc1F)N1CCC(O)(c2cn[nH]n2)C1. The van der Waals surface area contributed by atoms with Crippen LogP contribution >= 0.6 is 0 Å². The maximum atomic E-state index is 14.1. The number of nitrogens with one attached hydrogen (secondary N) is 2. The van der Waals surface area contributed by atoms with E-state index >= 15 is 0 Å². The molecule has 1 saturated heterocycles. The lowest BCUT2D eigenvalue weighted by Crippen LogP contribution is -2.34. The van der Waals surface area contributed by atoms with Gasteiger partial charge in [0.05, 0.1) is 18.3 Å². The number of amides is 1. The van der Waals surface area contributed by atoms with Gasteiger partial charge in [0.2, 0.25) is 0 Å². The lowest BCUT2D eigenvalue weighted by molar-refractivity contribution is 0.0382. The molecule has 1 amide bonds. The molecule has 0 bridgehead atoms. The van der Waals surface area contributed by atoms with Crippen molar-refractivity contribution < 1.29 is 14.3 Å². The molecule has 2 aromatic heterocycles. The zero-order valence-corrected chi connectivity index (χ0v) is 13.2. The summed E-state index contributed by atoms with van der Waals surface area (Å²) < 4.78 is 14.1. The van der Waals surface area contributed by atoms with Crippen LogP contribution in [0.15, 0.2) is 42.9 Å². The Balaban J connectivity index is 1.62. The summed E-state index contributed by atoms with van der Waals surface area (Å²) in [6.45, 7) is 0.490. The van der Waals surface area contributed by atoms with Gasteiger partial charge in [-0.3, -0.25) is 4.79 Å². The van der Waals surface area contributed by atoms with Crippen molar-refractivity contribution in [1.82, 2.24) is 25.3 Å². The third-order valence-electron chi connectivity index (χ3n) is 4.57. The number of likely N-dealkylation sites (tertiary alicyclic amines) is 1. The van der Waals surface area contributed by atoms with Gasteiger partial charge in [-0.1, -0.05) is 18.2 Å². The van der Waals surface area contributed by atoms with Crippen LogP contribution in [0.25, 0.3) is 11.1 Å². The van der Waals surface area contributed by atoms with E-state index in [1.54, 1.807) is 35.5 Å². The maximum Gasteiger partial charge on any atom is 0.256 e. The Morgan fingerprint density at radius 2 is 2.12 bits per heavy atom. The van der Waals surface area contributed by atoms with Gasteiger partial charge >= 0.3 is 0 Å². The van der Waals surface area contributed by atoms with E-state index in [-0.39, 0.29) is 12.5 Å². The molecule has 4 rings (SSSR count). The van der Waals surface area contributed by atoms with Crippen molar-refractivity contribution in [2.45, 2.75) is 12.0 Å². The predicted molar refractivity (Wildman–Crippen MR) is 87.0 cm³/mol. The molecule has 3 N–H and O–H groups in total. The van der Waals surface area contributed by atoms with Gasteiger partial charge in [-0.25, -0.2) is 4.39 Å². The molecule has 0 spiro atoms. The average Bonchev–Trinajstić information content (AvgIpc) is 3.35. The molecular formula is C17H16FN5O2. The maximum absolute atomic E-state index is 14.1. The summed E-state index contributed by atoms with van der Waals surface area (Å²) in [4.78, 5) is 17.3. The van der Waals surface area contributed by atoms with Crippen molar-refractivity contribution >= 4 is 5.91 Å². The van der Waals surface area contributed by atoms with Crippen LogP contribution in [-0.4, -0.2) is 49.4 Å². The van der Waals surface area contributed by atoms with Crippen LogP contribution in [0.2, 0.25) is 0 Å². The van der Waals surface area contributed by atoms with Crippen molar-refractivity contribution in [3.05, 3.63) is 59.9 Å². The number of rotatable bonds is 3. The van der Waals surface area contributed by atoms with E-state index < -0.39 is 11.4 Å². The molecule has 8 heteroatoms. The quantitative estimate of drug-likeness (QED) is 0.675. The summed E-state index contributed by atoms with van der Waals surface area (Å²) in [5.41, 5.74) is 0.413. The fraction of sp³-hybridized carbons (Fsp3) is 0.235. The van der Waals surface area contributed by atoms with Crippen molar-refractivity contribution in [2.75, 3.05) is 13.1 Å². The summed E-state index contributed by atoms with van der Waals surface area (Å²) in [5, 5.41) is 20.8. The summed E-state index contributed by atoms with van der Waals surface area (Å²) >= 11 is 0. The highest BCUT2D eigenvalue weighted by Gasteiger charge is 2.42. The topological polar surface area (TPSA) is 97.9 Å². The van der Waals surface area contributed by atoms with Crippen LogP contribution in [0.5, 0.6) is 0 Å². The smallest absolute Gasteiger partial charge is 0.256 e. The first kappa shape index (κ1) is 15.5. The van der Waals surface area contributed by atoms with E-state index in [2.05, 4.69) is 20.4 Å². The molecule has 0 radical (unpaired) electrons. The zero-order valence-electron chi connectivity index (χ0n) is 13.2. The van der Waals surface area contributed by atoms with Crippen molar-refractivity contribution in [2.24, 2.45) is 0 Å². The van der Waals surface area contributed by atoms with Gasteiger partial charge in [0.1, 0.15) is 17.1 Å². The number of aliphatic hydroxyl groups is 1. The van der Waals surface area contributed by atoms with Gasteiger partial charge in [0.15, 0.2) is 0 Å². The highest BCUT2D eigenvalue weighted by Crippen LogP contribution is 2.33. The first-order valence-corrected chi connectivity index (χ1v) is 7.88. The Morgan fingerprint density at radius 1 is 1.28 bits per heavy atom. The summed E-state index contributed by atoms with van der Waals surface area (Å²) in [5.74, 6) is -0.657. The minimum absolute atomic E-state index is 0.111. The molecule has 1 unspecified atom stereocenters. The third kappa shape index (κ3) is 2.60. The van der Waals surface area contributed by atoms with E-state index in [1.807, 2.05) is 0 Å². The van der Waals surface area contributed by atoms with Crippen molar-refractivity contribution in [1.29, 1.82) is 0 Å². The second-order valence-corrected chi connectivity index (χ2v) is 6.13. The second kappa shape index (κ2) is 5.82. The van der Waals surface area contributed by atoms with Crippen LogP contribution in [0.1, 0.15) is 22.5 Å². The average molecular weight is 341 g/mol. The number of halogens is 1. The Hall–Kier alpha value is -3.00. The number of β-amino-alcohol motifs (C(OH)–C–C–N with tert-alkyl or cyclic N) is 1.